The summed E-state index contributed by atoms with van der Waals surface area (Å²) >= 11 is 0. The van der Waals surface area contributed by atoms with Gasteiger partial charge in [-0.3, -0.25) is 4.79 Å². The summed E-state index contributed by atoms with van der Waals surface area (Å²) in [6, 6.07) is 0. The minimum Gasteiger partial charge on any atom is -0.481 e. The molecule has 3 N–H and O–H groups in total. The van der Waals surface area contributed by atoms with E-state index in [1.165, 1.54) is 6.42 Å². The molecule has 4 rings (SSSR count). The van der Waals surface area contributed by atoms with E-state index in [0.29, 0.717) is 35.5 Å². The van der Waals surface area contributed by atoms with Crippen LogP contribution in [0.25, 0.3) is 0 Å². The Morgan fingerprint density at radius 1 is 1.07 bits per heavy atom. The lowest BCUT2D eigenvalue weighted by Crippen LogP contribution is -2.61. The fourth-order valence-corrected chi connectivity index (χ4v) is 9.17. The number of fused-ring (bicyclic) bond motifs is 5. The largest absolute Gasteiger partial charge is 0.481 e. The zero-order valence-electron chi connectivity index (χ0n) is 19.1. The van der Waals surface area contributed by atoms with Crippen molar-refractivity contribution in [2.75, 3.05) is 0 Å². The van der Waals surface area contributed by atoms with Crippen LogP contribution < -0.4 is 0 Å². The Hall–Kier alpha value is -0.870. The van der Waals surface area contributed by atoms with Gasteiger partial charge in [0.2, 0.25) is 0 Å². The molecule has 0 amide bonds. The van der Waals surface area contributed by atoms with Gasteiger partial charge < -0.3 is 15.3 Å². The highest BCUT2D eigenvalue weighted by molar-refractivity contribution is 5.66. The molecule has 0 aromatic rings. The van der Waals surface area contributed by atoms with Crippen molar-refractivity contribution in [1.82, 2.24) is 0 Å². The average molecular weight is 419 g/mol. The molecule has 4 fully saturated rings. The maximum absolute atomic E-state index is 11.6. The number of hydrogen-bond acceptors (Lipinski definition) is 3. The highest BCUT2D eigenvalue weighted by Gasteiger charge is 2.64. The summed E-state index contributed by atoms with van der Waals surface area (Å²) < 4.78 is 0. The fraction of sp³-hybridized carbons (Fsp3) is 0.885. The van der Waals surface area contributed by atoms with E-state index in [-0.39, 0.29) is 35.4 Å². The zero-order valence-corrected chi connectivity index (χ0v) is 19.1. The Bertz CT molecular complexity index is 676. The first-order valence-electron chi connectivity index (χ1n) is 12.3. The van der Waals surface area contributed by atoms with E-state index in [0.717, 1.165) is 44.9 Å². The predicted octanol–water partition coefficient (Wildman–Crippen LogP) is 4.89. The van der Waals surface area contributed by atoms with Crippen molar-refractivity contribution >= 4 is 5.97 Å². The lowest BCUT2D eigenvalue weighted by atomic mass is 9.41. The van der Waals surface area contributed by atoms with Gasteiger partial charge in [-0.15, -0.1) is 6.58 Å². The quantitative estimate of drug-likeness (QED) is 0.556. The van der Waals surface area contributed by atoms with Gasteiger partial charge in [-0.25, -0.2) is 0 Å². The lowest BCUT2D eigenvalue weighted by Gasteiger charge is -2.64. The van der Waals surface area contributed by atoms with Crippen molar-refractivity contribution in [2.45, 2.75) is 90.8 Å². The molecular formula is C26H42O4. The molecule has 0 aromatic carbocycles. The minimum absolute atomic E-state index is 0.0667. The number of hydrogen-bond donors (Lipinski definition) is 3. The smallest absolute Gasteiger partial charge is 0.303 e. The van der Waals surface area contributed by atoms with Crippen molar-refractivity contribution < 1.29 is 20.1 Å². The van der Waals surface area contributed by atoms with Crippen LogP contribution in [0.2, 0.25) is 0 Å². The van der Waals surface area contributed by atoms with Gasteiger partial charge in [0.25, 0.3) is 0 Å². The summed E-state index contributed by atoms with van der Waals surface area (Å²) in [7, 11) is 0. The second kappa shape index (κ2) is 7.92. The van der Waals surface area contributed by atoms with Crippen LogP contribution in [-0.4, -0.2) is 33.5 Å². The van der Waals surface area contributed by atoms with E-state index in [4.69, 9.17) is 5.11 Å². The molecule has 30 heavy (non-hydrogen) atoms. The Balaban J connectivity index is 1.62. The number of carbonyl (C=O) groups is 1. The average Bonchev–Trinajstić information content (AvgIpc) is 3.05. The van der Waals surface area contributed by atoms with Crippen LogP contribution in [0.15, 0.2) is 12.7 Å². The second-order valence-corrected chi connectivity index (χ2v) is 11.8. The summed E-state index contributed by atoms with van der Waals surface area (Å²) in [5.74, 6) is 2.00. The molecular weight excluding hydrogens is 376 g/mol. The summed E-state index contributed by atoms with van der Waals surface area (Å²) in [4.78, 5) is 11.1. The van der Waals surface area contributed by atoms with E-state index in [1.807, 2.05) is 6.08 Å². The summed E-state index contributed by atoms with van der Waals surface area (Å²) in [6.07, 6.45) is 9.79. The normalized spacial score (nSPS) is 51.4. The molecule has 170 valence electrons. The molecule has 4 unspecified atom stereocenters. The molecule has 0 spiro atoms. The monoisotopic (exact) mass is 418 g/mol. The van der Waals surface area contributed by atoms with Gasteiger partial charge in [0.05, 0.1) is 12.2 Å². The Morgan fingerprint density at radius 2 is 1.73 bits per heavy atom. The molecule has 0 aromatic heterocycles. The van der Waals surface area contributed by atoms with Crippen molar-refractivity contribution in [3.63, 3.8) is 0 Å². The summed E-state index contributed by atoms with van der Waals surface area (Å²) in [6.45, 7) is 11.2. The van der Waals surface area contributed by atoms with E-state index in [1.54, 1.807) is 0 Å². The van der Waals surface area contributed by atoms with Crippen LogP contribution in [0.5, 0.6) is 0 Å². The molecule has 4 nitrogen and oxygen atoms in total. The SMILES string of the molecule is C=C[C@@H]1C2C[C@H](O)CC[C@]2(C)C2CC[C@@]3(C)C(CC[C@@H]3[C@H](C)CCC(=O)O)C2[C@@H]1O. The van der Waals surface area contributed by atoms with Crippen LogP contribution in [0.1, 0.15) is 78.6 Å². The van der Waals surface area contributed by atoms with Gasteiger partial charge in [0.1, 0.15) is 0 Å². The molecule has 0 bridgehead atoms. The Morgan fingerprint density at radius 3 is 2.40 bits per heavy atom. The molecule has 0 saturated heterocycles. The molecule has 11 atom stereocenters. The number of aliphatic carboxylic acids is 1. The van der Waals surface area contributed by atoms with Crippen LogP contribution in [-0.2, 0) is 4.79 Å². The Kier molecular flexibility index (Phi) is 5.89. The number of aliphatic hydroxyl groups excluding tert-OH is 2. The van der Waals surface area contributed by atoms with Gasteiger partial charge in [-0.2, -0.15) is 0 Å². The number of carboxylic acids is 1. The first-order chi connectivity index (χ1) is 14.1. The maximum atomic E-state index is 11.6. The molecule has 4 aliphatic carbocycles. The van der Waals surface area contributed by atoms with Gasteiger partial charge in [-0.1, -0.05) is 26.8 Å². The van der Waals surface area contributed by atoms with Crippen molar-refractivity contribution in [1.29, 1.82) is 0 Å². The van der Waals surface area contributed by atoms with Gasteiger partial charge in [0, 0.05) is 12.3 Å². The van der Waals surface area contributed by atoms with Crippen molar-refractivity contribution in [2.24, 2.45) is 52.3 Å². The highest BCUT2D eigenvalue weighted by atomic mass is 16.4. The van der Waals surface area contributed by atoms with E-state index in [2.05, 4.69) is 27.4 Å². The van der Waals surface area contributed by atoms with E-state index < -0.39 is 5.97 Å². The van der Waals surface area contributed by atoms with E-state index >= 15 is 0 Å². The summed E-state index contributed by atoms with van der Waals surface area (Å²) in [5, 5.41) is 31.2. The first kappa shape index (κ1) is 22.3. The van der Waals surface area contributed by atoms with E-state index in [9.17, 15) is 15.0 Å². The van der Waals surface area contributed by atoms with Crippen LogP contribution in [0.4, 0.5) is 0 Å². The number of carboxylic acid groups (broad SMARTS) is 1. The van der Waals surface area contributed by atoms with Gasteiger partial charge in [-0.05, 0) is 97.7 Å². The third-order valence-electron chi connectivity index (χ3n) is 10.7. The summed E-state index contributed by atoms with van der Waals surface area (Å²) in [5.41, 5.74) is 0.374. The van der Waals surface area contributed by atoms with Crippen LogP contribution >= 0.6 is 0 Å². The van der Waals surface area contributed by atoms with Crippen LogP contribution in [0, 0.1) is 52.3 Å². The predicted molar refractivity (Wildman–Crippen MR) is 118 cm³/mol. The topological polar surface area (TPSA) is 77.8 Å². The molecule has 4 heteroatoms. The number of rotatable bonds is 5. The second-order valence-electron chi connectivity index (χ2n) is 11.8. The molecule has 4 saturated carbocycles. The van der Waals surface area contributed by atoms with Gasteiger partial charge in [0.15, 0.2) is 0 Å². The standard InChI is InChI=1S/C26H42O4/c1-5-17-21-14-16(27)10-12-26(21,4)20-11-13-25(3)18(15(2)6-9-22(28)29)7-8-19(25)23(20)24(17)30/h5,15-21,23-24,27,30H,1,6-14H2,2-4H3,(H,28,29)/t15-,16-,17-,18-,19?,20?,21?,23?,24-,25-,26-/m1/s1. The Labute approximate surface area is 182 Å². The zero-order chi connectivity index (χ0) is 21.8. The minimum atomic E-state index is -0.694. The third kappa shape index (κ3) is 3.28. The molecule has 4 aliphatic rings. The molecule has 0 radical (unpaired) electrons. The lowest BCUT2D eigenvalue weighted by molar-refractivity contribution is -0.193. The highest BCUT2D eigenvalue weighted by Crippen LogP contribution is 2.69. The third-order valence-corrected chi connectivity index (χ3v) is 10.7. The van der Waals surface area contributed by atoms with Crippen molar-refractivity contribution in [3.8, 4) is 0 Å². The number of aliphatic hydroxyl groups is 2. The fourth-order valence-electron chi connectivity index (χ4n) is 9.17. The first-order valence-corrected chi connectivity index (χ1v) is 12.3. The van der Waals surface area contributed by atoms with Gasteiger partial charge >= 0.3 is 5.97 Å². The van der Waals surface area contributed by atoms with Crippen LogP contribution in [0.3, 0.4) is 0 Å². The van der Waals surface area contributed by atoms with Crippen molar-refractivity contribution in [3.05, 3.63) is 12.7 Å². The molecule has 0 aliphatic heterocycles. The molecule has 0 heterocycles. The maximum Gasteiger partial charge on any atom is 0.303 e.